The van der Waals surface area contributed by atoms with Gasteiger partial charge in [-0.3, -0.25) is 0 Å². The summed E-state index contributed by atoms with van der Waals surface area (Å²) >= 11 is 3.44. The van der Waals surface area contributed by atoms with Crippen molar-refractivity contribution in [3.63, 3.8) is 0 Å². The second kappa shape index (κ2) is 5.52. The van der Waals surface area contributed by atoms with Crippen molar-refractivity contribution in [3.05, 3.63) is 58.0 Å². The maximum Gasteiger partial charge on any atom is 0.117 e. The van der Waals surface area contributed by atoms with E-state index in [-0.39, 0.29) is 0 Å². The van der Waals surface area contributed by atoms with Crippen LogP contribution in [0.15, 0.2) is 45.3 Å². The minimum absolute atomic E-state index is 0.313. The first-order chi connectivity index (χ1) is 8.15. The summed E-state index contributed by atoms with van der Waals surface area (Å²) in [5.41, 5.74) is 1.27. The molecule has 0 amide bonds. The van der Waals surface area contributed by atoms with Crippen LogP contribution in [0.4, 0.5) is 0 Å². The molecule has 0 fully saturated rings. The van der Waals surface area contributed by atoms with Crippen molar-refractivity contribution >= 4 is 15.9 Å². The summed E-state index contributed by atoms with van der Waals surface area (Å²) in [5, 5.41) is 3.44. The highest BCUT2D eigenvalue weighted by molar-refractivity contribution is 9.10. The van der Waals surface area contributed by atoms with Gasteiger partial charge in [0.25, 0.3) is 0 Å². The molecule has 2 rings (SSSR count). The summed E-state index contributed by atoms with van der Waals surface area (Å²) in [4.78, 5) is 0. The molecule has 90 valence electrons. The highest BCUT2D eigenvalue weighted by Crippen LogP contribution is 2.17. The quantitative estimate of drug-likeness (QED) is 0.914. The Morgan fingerprint density at radius 3 is 2.47 bits per heavy atom. The van der Waals surface area contributed by atoms with Crippen LogP contribution in [-0.2, 0) is 6.54 Å². The zero-order valence-corrected chi connectivity index (χ0v) is 11.6. The van der Waals surface area contributed by atoms with Crippen LogP contribution in [-0.4, -0.2) is 0 Å². The largest absolute Gasteiger partial charge is 0.465 e. The van der Waals surface area contributed by atoms with E-state index in [0.717, 1.165) is 22.5 Å². The van der Waals surface area contributed by atoms with Gasteiger partial charge in [0.1, 0.15) is 11.5 Å². The smallest absolute Gasteiger partial charge is 0.117 e. The van der Waals surface area contributed by atoms with E-state index in [1.165, 1.54) is 5.56 Å². The van der Waals surface area contributed by atoms with Crippen molar-refractivity contribution in [2.45, 2.75) is 26.4 Å². The lowest BCUT2D eigenvalue weighted by molar-refractivity contribution is 0.444. The zero-order valence-electron chi connectivity index (χ0n) is 10.0. The molecular formula is C14H16BrNO. The zero-order chi connectivity index (χ0) is 12.3. The Morgan fingerprint density at radius 2 is 1.88 bits per heavy atom. The SMILES string of the molecule is Cc1ccc(CN[C@@H](C)c2ccc(Br)cc2)o1. The molecule has 0 bridgehead atoms. The molecule has 1 N–H and O–H groups in total. The predicted octanol–water partition coefficient (Wildman–Crippen LogP) is 4.20. The molecule has 1 atom stereocenters. The van der Waals surface area contributed by atoms with Crippen molar-refractivity contribution in [3.8, 4) is 0 Å². The van der Waals surface area contributed by atoms with E-state index >= 15 is 0 Å². The number of furan rings is 1. The lowest BCUT2D eigenvalue weighted by atomic mass is 10.1. The highest BCUT2D eigenvalue weighted by Gasteiger charge is 2.05. The Morgan fingerprint density at radius 1 is 1.18 bits per heavy atom. The number of hydrogen-bond donors (Lipinski definition) is 1. The van der Waals surface area contributed by atoms with Gasteiger partial charge in [0.05, 0.1) is 6.54 Å². The van der Waals surface area contributed by atoms with Crippen molar-refractivity contribution < 1.29 is 4.42 Å². The molecule has 2 nitrogen and oxygen atoms in total. The van der Waals surface area contributed by atoms with Crippen molar-refractivity contribution in [2.75, 3.05) is 0 Å². The fourth-order valence-electron chi connectivity index (χ4n) is 1.70. The first-order valence-corrected chi connectivity index (χ1v) is 6.48. The van der Waals surface area contributed by atoms with Gasteiger partial charge in [-0.25, -0.2) is 0 Å². The molecule has 0 spiro atoms. The van der Waals surface area contributed by atoms with E-state index in [1.54, 1.807) is 0 Å². The van der Waals surface area contributed by atoms with E-state index in [0.29, 0.717) is 6.04 Å². The molecule has 1 aromatic heterocycles. The van der Waals surface area contributed by atoms with Gasteiger partial charge in [-0.1, -0.05) is 28.1 Å². The number of benzene rings is 1. The summed E-state index contributed by atoms with van der Waals surface area (Å²) in [6.07, 6.45) is 0. The van der Waals surface area contributed by atoms with Gasteiger partial charge in [0, 0.05) is 10.5 Å². The normalized spacial score (nSPS) is 12.6. The summed E-state index contributed by atoms with van der Waals surface area (Å²) in [7, 11) is 0. The molecule has 17 heavy (non-hydrogen) atoms. The first kappa shape index (κ1) is 12.4. The number of rotatable bonds is 4. The van der Waals surface area contributed by atoms with Crippen LogP contribution in [0.3, 0.4) is 0 Å². The summed E-state index contributed by atoms with van der Waals surface area (Å²) < 4.78 is 6.63. The molecule has 0 unspecified atom stereocenters. The second-order valence-corrected chi connectivity index (χ2v) is 5.08. The van der Waals surface area contributed by atoms with Crippen LogP contribution >= 0.6 is 15.9 Å². The molecule has 0 aliphatic rings. The van der Waals surface area contributed by atoms with Crippen molar-refractivity contribution in [2.24, 2.45) is 0 Å². The highest BCUT2D eigenvalue weighted by atomic mass is 79.9. The molecule has 0 aliphatic carbocycles. The fourth-order valence-corrected chi connectivity index (χ4v) is 1.97. The lowest BCUT2D eigenvalue weighted by Gasteiger charge is -2.13. The average Bonchev–Trinajstić information content (AvgIpc) is 2.73. The Labute approximate surface area is 110 Å². The van der Waals surface area contributed by atoms with Crippen LogP contribution < -0.4 is 5.32 Å². The Bertz CT molecular complexity index is 475. The van der Waals surface area contributed by atoms with E-state index in [9.17, 15) is 0 Å². The van der Waals surface area contributed by atoms with Gasteiger partial charge in [0.15, 0.2) is 0 Å². The Hall–Kier alpha value is -1.06. The summed E-state index contributed by atoms with van der Waals surface area (Å²) in [6.45, 7) is 4.87. The van der Waals surface area contributed by atoms with Crippen LogP contribution in [0, 0.1) is 6.92 Å². The van der Waals surface area contributed by atoms with Crippen molar-refractivity contribution in [1.82, 2.24) is 5.32 Å². The van der Waals surface area contributed by atoms with Crippen LogP contribution in [0.25, 0.3) is 0 Å². The van der Waals surface area contributed by atoms with Gasteiger partial charge in [-0.2, -0.15) is 0 Å². The fraction of sp³-hybridized carbons (Fsp3) is 0.286. The second-order valence-electron chi connectivity index (χ2n) is 4.17. The van der Waals surface area contributed by atoms with Gasteiger partial charge < -0.3 is 9.73 Å². The maximum absolute atomic E-state index is 5.52. The van der Waals surface area contributed by atoms with E-state index in [1.807, 2.05) is 19.1 Å². The molecule has 0 radical (unpaired) electrons. The third-order valence-electron chi connectivity index (χ3n) is 2.75. The average molecular weight is 294 g/mol. The third kappa shape index (κ3) is 3.45. The molecule has 1 aromatic carbocycles. The lowest BCUT2D eigenvalue weighted by Crippen LogP contribution is -2.17. The summed E-state index contributed by atoms with van der Waals surface area (Å²) in [5.74, 6) is 1.93. The standard InChI is InChI=1S/C14H16BrNO/c1-10-3-8-14(17-10)9-16-11(2)12-4-6-13(15)7-5-12/h3-8,11,16H,9H2,1-2H3/t11-/m0/s1. The molecule has 0 aliphatic heterocycles. The first-order valence-electron chi connectivity index (χ1n) is 5.69. The van der Waals surface area contributed by atoms with Crippen molar-refractivity contribution in [1.29, 1.82) is 0 Å². The molecule has 2 aromatic rings. The van der Waals surface area contributed by atoms with Crippen LogP contribution in [0.5, 0.6) is 0 Å². The van der Waals surface area contributed by atoms with Gasteiger partial charge in [-0.05, 0) is 43.7 Å². The Balaban J connectivity index is 1.93. The van der Waals surface area contributed by atoms with E-state index in [4.69, 9.17) is 4.42 Å². The third-order valence-corrected chi connectivity index (χ3v) is 3.28. The van der Waals surface area contributed by atoms with Gasteiger partial charge in [-0.15, -0.1) is 0 Å². The van der Waals surface area contributed by atoms with Gasteiger partial charge in [0.2, 0.25) is 0 Å². The predicted molar refractivity (Wildman–Crippen MR) is 72.8 cm³/mol. The van der Waals surface area contributed by atoms with E-state index < -0.39 is 0 Å². The number of nitrogens with one attached hydrogen (secondary N) is 1. The van der Waals surface area contributed by atoms with Gasteiger partial charge >= 0.3 is 0 Å². The summed E-state index contributed by atoms with van der Waals surface area (Å²) in [6, 6.07) is 12.7. The monoisotopic (exact) mass is 293 g/mol. The van der Waals surface area contributed by atoms with Crippen LogP contribution in [0.2, 0.25) is 0 Å². The molecule has 1 heterocycles. The molecular weight excluding hydrogens is 278 g/mol. The minimum Gasteiger partial charge on any atom is -0.465 e. The maximum atomic E-state index is 5.52. The molecule has 0 saturated carbocycles. The molecule has 3 heteroatoms. The van der Waals surface area contributed by atoms with E-state index in [2.05, 4.69) is 52.4 Å². The number of hydrogen-bond acceptors (Lipinski definition) is 2. The number of halogens is 1. The molecule has 0 saturated heterocycles. The number of aryl methyl sites for hydroxylation is 1. The van der Waals surface area contributed by atoms with Crippen LogP contribution in [0.1, 0.15) is 30.0 Å². The minimum atomic E-state index is 0.313. The Kier molecular flexibility index (Phi) is 4.02. The topological polar surface area (TPSA) is 25.2 Å².